The van der Waals surface area contributed by atoms with Crippen LogP contribution in [-0.2, 0) is 17.0 Å². The topological polar surface area (TPSA) is 98.2 Å². The number of carbonyl (C=O) groups is 2. The Labute approximate surface area is 228 Å². The molecule has 1 N–H and O–H groups in total. The lowest BCUT2D eigenvalue weighted by Crippen LogP contribution is -2.45. The van der Waals surface area contributed by atoms with Crippen LogP contribution in [-0.4, -0.2) is 41.5 Å². The molecular formula is C30H21ClN2O6. The number of pyridine rings is 1. The van der Waals surface area contributed by atoms with Crippen LogP contribution < -0.4 is 19.1 Å². The molecule has 0 unspecified atom stereocenters. The molecule has 1 aromatic heterocycles. The molecule has 3 aliphatic heterocycles. The third-order valence-electron chi connectivity index (χ3n) is 7.48. The first-order chi connectivity index (χ1) is 18.8. The summed E-state index contributed by atoms with van der Waals surface area (Å²) in [6, 6.07) is 19.1. The number of likely N-dealkylation sites (N-methyl/N-ethyl adjacent to an activating group) is 1. The minimum Gasteiger partial charge on any atom is -0.488 e. The van der Waals surface area contributed by atoms with Crippen LogP contribution in [0.15, 0.2) is 72.9 Å². The summed E-state index contributed by atoms with van der Waals surface area (Å²) in [6.45, 7) is 0.189. The number of benzene rings is 3. The number of ketones is 1. The predicted molar refractivity (Wildman–Crippen MR) is 143 cm³/mol. The second-order valence-electron chi connectivity index (χ2n) is 9.71. The summed E-state index contributed by atoms with van der Waals surface area (Å²) in [5.41, 5.74) is 1.93. The summed E-state index contributed by atoms with van der Waals surface area (Å²) in [4.78, 5) is 32.3. The molecule has 39 heavy (non-hydrogen) atoms. The van der Waals surface area contributed by atoms with Gasteiger partial charge < -0.3 is 24.2 Å². The number of aromatic nitrogens is 1. The zero-order chi connectivity index (χ0) is 26.9. The SMILES string of the molecule is CN1C(=O)COc2ccc(C(=O)[C@H]3Oc4ccc(Cl)cc4[C@]3(O)c3cnc4c(c3)COc3ccccc3-4)cc21. The number of rotatable bonds is 3. The van der Waals surface area contributed by atoms with Crippen LogP contribution in [0.4, 0.5) is 5.69 Å². The molecule has 0 bridgehead atoms. The van der Waals surface area contributed by atoms with Crippen LogP contribution in [0.5, 0.6) is 17.2 Å². The van der Waals surface area contributed by atoms with Crippen LogP contribution in [0.2, 0.25) is 5.02 Å². The summed E-state index contributed by atoms with van der Waals surface area (Å²) < 4.78 is 17.5. The van der Waals surface area contributed by atoms with Crippen molar-refractivity contribution >= 4 is 29.0 Å². The van der Waals surface area contributed by atoms with Gasteiger partial charge in [0.1, 0.15) is 23.9 Å². The minimum atomic E-state index is -1.90. The van der Waals surface area contributed by atoms with E-state index in [2.05, 4.69) is 4.98 Å². The Morgan fingerprint density at radius 2 is 1.82 bits per heavy atom. The number of fused-ring (bicyclic) bond motifs is 5. The average Bonchev–Trinajstić information content (AvgIpc) is 3.26. The first-order valence-electron chi connectivity index (χ1n) is 12.3. The molecule has 8 nitrogen and oxygen atoms in total. The monoisotopic (exact) mass is 540 g/mol. The second kappa shape index (κ2) is 8.56. The highest BCUT2D eigenvalue weighted by molar-refractivity contribution is 6.30. The van der Waals surface area contributed by atoms with Gasteiger partial charge in [-0.3, -0.25) is 14.6 Å². The molecule has 4 heterocycles. The normalized spacial score (nSPS) is 20.5. The van der Waals surface area contributed by atoms with Gasteiger partial charge in [0.25, 0.3) is 5.91 Å². The number of hydrogen-bond donors (Lipinski definition) is 1. The fourth-order valence-electron chi connectivity index (χ4n) is 5.40. The number of para-hydroxylation sites is 1. The predicted octanol–water partition coefficient (Wildman–Crippen LogP) is 4.53. The molecule has 3 aromatic carbocycles. The Hall–Kier alpha value is -4.40. The van der Waals surface area contributed by atoms with E-state index in [1.807, 2.05) is 24.3 Å². The largest absolute Gasteiger partial charge is 0.488 e. The Kier molecular flexibility index (Phi) is 5.20. The number of anilines is 1. The number of ether oxygens (including phenoxy) is 3. The van der Waals surface area contributed by atoms with Gasteiger partial charge in [0.05, 0.1) is 11.4 Å². The van der Waals surface area contributed by atoms with E-state index < -0.39 is 17.5 Å². The molecule has 0 radical (unpaired) electrons. The maximum Gasteiger partial charge on any atom is 0.264 e. The third-order valence-corrected chi connectivity index (χ3v) is 7.71. The molecule has 1 amide bonds. The average molecular weight is 541 g/mol. The Morgan fingerprint density at radius 1 is 1.03 bits per heavy atom. The van der Waals surface area contributed by atoms with Crippen LogP contribution in [0, 0.1) is 0 Å². The number of nitrogens with zero attached hydrogens (tertiary/aromatic N) is 2. The van der Waals surface area contributed by atoms with Gasteiger partial charge in [0, 0.05) is 46.1 Å². The van der Waals surface area contributed by atoms with Crippen molar-refractivity contribution in [2.45, 2.75) is 18.3 Å². The van der Waals surface area contributed by atoms with Crippen LogP contribution in [0.25, 0.3) is 11.3 Å². The van der Waals surface area contributed by atoms with Crippen molar-refractivity contribution in [1.82, 2.24) is 4.98 Å². The molecule has 4 aromatic rings. The lowest BCUT2D eigenvalue weighted by Gasteiger charge is -2.30. The highest BCUT2D eigenvalue weighted by Gasteiger charge is 2.53. The van der Waals surface area contributed by atoms with E-state index in [1.54, 1.807) is 55.7 Å². The van der Waals surface area contributed by atoms with Gasteiger partial charge >= 0.3 is 0 Å². The zero-order valence-electron chi connectivity index (χ0n) is 20.7. The number of hydrogen-bond acceptors (Lipinski definition) is 7. The fourth-order valence-corrected chi connectivity index (χ4v) is 5.57. The minimum absolute atomic E-state index is 0.0716. The molecular weight excluding hydrogens is 520 g/mol. The zero-order valence-corrected chi connectivity index (χ0v) is 21.4. The highest BCUT2D eigenvalue weighted by atomic mass is 35.5. The lowest BCUT2D eigenvalue weighted by molar-refractivity contribution is -0.121. The van der Waals surface area contributed by atoms with E-state index in [0.717, 1.165) is 22.6 Å². The standard InChI is InChI=1S/C30H21ClN2O6/c1-33-22-11-16(6-8-25(22)38-15-26(33)34)28(35)29-30(36,21-12-19(31)7-9-24(21)39-29)18-10-17-14-37-23-5-3-2-4-20(23)27(17)32-13-18/h2-13,29,36H,14-15H2,1H3/t29-,30-/m1/s1. The molecule has 3 aliphatic rings. The van der Waals surface area contributed by atoms with Crippen LogP contribution in [0.3, 0.4) is 0 Å². The molecule has 0 saturated heterocycles. The lowest BCUT2D eigenvalue weighted by atomic mass is 9.80. The van der Waals surface area contributed by atoms with Gasteiger partial charge in [0.15, 0.2) is 18.3 Å². The van der Waals surface area contributed by atoms with Gasteiger partial charge in [-0.25, -0.2) is 0 Å². The maximum absolute atomic E-state index is 14.0. The summed E-state index contributed by atoms with van der Waals surface area (Å²) in [5.74, 6) is 0.863. The first-order valence-corrected chi connectivity index (χ1v) is 12.7. The second-order valence-corrected chi connectivity index (χ2v) is 10.1. The Morgan fingerprint density at radius 3 is 2.69 bits per heavy atom. The van der Waals surface area contributed by atoms with Crippen molar-refractivity contribution in [1.29, 1.82) is 0 Å². The van der Waals surface area contributed by atoms with E-state index in [9.17, 15) is 14.7 Å². The number of aliphatic hydroxyl groups is 1. The molecule has 0 aliphatic carbocycles. The van der Waals surface area contributed by atoms with E-state index in [-0.39, 0.29) is 24.7 Å². The third kappa shape index (κ3) is 3.52. The number of amides is 1. The van der Waals surface area contributed by atoms with Crippen molar-refractivity contribution in [3.8, 4) is 28.5 Å². The van der Waals surface area contributed by atoms with E-state index in [1.165, 1.54) is 4.90 Å². The molecule has 0 spiro atoms. The van der Waals surface area contributed by atoms with E-state index in [4.69, 9.17) is 25.8 Å². The molecule has 194 valence electrons. The first kappa shape index (κ1) is 23.7. The van der Waals surface area contributed by atoms with Crippen LogP contribution in [0.1, 0.15) is 27.0 Å². The van der Waals surface area contributed by atoms with Gasteiger partial charge in [-0.15, -0.1) is 0 Å². The maximum atomic E-state index is 14.0. The number of carbonyl (C=O) groups excluding carboxylic acids is 2. The van der Waals surface area contributed by atoms with Crippen LogP contribution >= 0.6 is 11.6 Å². The summed E-state index contributed by atoms with van der Waals surface area (Å²) in [6.07, 6.45) is 0.222. The van der Waals surface area contributed by atoms with Gasteiger partial charge in [-0.05, 0) is 54.6 Å². The van der Waals surface area contributed by atoms with Gasteiger partial charge in [0.2, 0.25) is 5.78 Å². The number of Topliss-reactive ketones (excluding diaryl/α,β-unsaturated/α-hetero) is 1. The summed E-state index contributed by atoms with van der Waals surface area (Å²) >= 11 is 6.32. The molecule has 2 atom stereocenters. The molecule has 0 saturated carbocycles. The van der Waals surface area contributed by atoms with E-state index >= 15 is 0 Å². The van der Waals surface area contributed by atoms with Crippen molar-refractivity contribution < 1.29 is 28.9 Å². The highest BCUT2D eigenvalue weighted by Crippen LogP contribution is 2.49. The number of halogens is 1. The molecule has 9 heteroatoms. The van der Waals surface area contributed by atoms with Crippen molar-refractivity contribution in [2.24, 2.45) is 0 Å². The molecule has 7 rings (SSSR count). The summed E-state index contributed by atoms with van der Waals surface area (Å²) in [5, 5.41) is 12.8. The fraction of sp³-hybridized carbons (Fsp3) is 0.167. The van der Waals surface area contributed by atoms with Gasteiger partial charge in [-0.2, -0.15) is 0 Å². The molecule has 0 fully saturated rings. The Balaban J connectivity index is 1.34. The van der Waals surface area contributed by atoms with E-state index in [0.29, 0.717) is 33.3 Å². The summed E-state index contributed by atoms with van der Waals surface area (Å²) in [7, 11) is 1.62. The smallest absolute Gasteiger partial charge is 0.264 e. The Bertz CT molecular complexity index is 1710. The van der Waals surface area contributed by atoms with Crippen molar-refractivity contribution in [2.75, 3.05) is 18.6 Å². The van der Waals surface area contributed by atoms with Crippen molar-refractivity contribution in [3.63, 3.8) is 0 Å². The van der Waals surface area contributed by atoms with Crippen molar-refractivity contribution in [3.05, 3.63) is 100 Å². The van der Waals surface area contributed by atoms with Gasteiger partial charge in [-0.1, -0.05) is 23.7 Å². The quantitative estimate of drug-likeness (QED) is 0.381.